The van der Waals surface area contributed by atoms with Crippen molar-refractivity contribution >= 4 is 51.3 Å². The van der Waals surface area contributed by atoms with Gasteiger partial charge in [0.05, 0.1) is 5.75 Å². The molecule has 0 atom stereocenters. The van der Waals surface area contributed by atoms with Gasteiger partial charge >= 0.3 is 0 Å². The number of hydrogen-bond acceptors (Lipinski definition) is 6. The number of fused-ring (bicyclic) bond motifs is 3. The number of carbonyl (C=O) groups is 2. The SMILES string of the molecule is CNC(=O)c1cccc(NC(=O)CSc2nnc3c(n2)[nH]c2ccccc23)c1. The molecule has 8 nitrogen and oxygen atoms in total. The van der Waals surface area contributed by atoms with Crippen molar-refractivity contribution in [1.29, 1.82) is 0 Å². The molecule has 2 aromatic heterocycles. The van der Waals surface area contributed by atoms with E-state index in [4.69, 9.17) is 0 Å². The van der Waals surface area contributed by atoms with Crippen molar-refractivity contribution < 1.29 is 9.59 Å². The average molecular weight is 392 g/mol. The molecule has 0 saturated heterocycles. The smallest absolute Gasteiger partial charge is 0.251 e. The zero-order valence-corrected chi connectivity index (χ0v) is 15.7. The summed E-state index contributed by atoms with van der Waals surface area (Å²) < 4.78 is 0. The summed E-state index contributed by atoms with van der Waals surface area (Å²) in [5.41, 5.74) is 3.31. The van der Waals surface area contributed by atoms with Crippen molar-refractivity contribution in [3.8, 4) is 0 Å². The molecule has 0 aliphatic heterocycles. The van der Waals surface area contributed by atoms with E-state index in [-0.39, 0.29) is 17.6 Å². The first-order valence-electron chi connectivity index (χ1n) is 8.50. The molecule has 0 radical (unpaired) electrons. The summed E-state index contributed by atoms with van der Waals surface area (Å²) in [6, 6.07) is 14.5. The van der Waals surface area contributed by atoms with E-state index in [0.717, 1.165) is 10.9 Å². The molecule has 0 aliphatic carbocycles. The standard InChI is InChI=1S/C19H16N6O2S/c1-20-18(27)11-5-4-6-12(9-11)21-15(26)10-28-19-23-17-16(24-25-19)13-7-2-3-8-14(13)22-17/h2-9H,10H2,1H3,(H,20,27)(H,21,26)(H,22,23,25). The van der Waals surface area contributed by atoms with Crippen LogP contribution in [-0.2, 0) is 4.79 Å². The molecular weight excluding hydrogens is 376 g/mol. The van der Waals surface area contributed by atoms with E-state index in [1.807, 2.05) is 24.3 Å². The van der Waals surface area contributed by atoms with Crippen molar-refractivity contribution in [3.05, 3.63) is 54.1 Å². The Hall–Kier alpha value is -3.46. The summed E-state index contributed by atoms with van der Waals surface area (Å²) in [6.07, 6.45) is 0. The maximum atomic E-state index is 12.2. The van der Waals surface area contributed by atoms with E-state index in [2.05, 4.69) is 30.8 Å². The van der Waals surface area contributed by atoms with E-state index >= 15 is 0 Å². The lowest BCUT2D eigenvalue weighted by Crippen LogP contribution is -2.19. The highest BCUT2D eigenvalue weighted by molar-refractivity contribution is 7.99. The number of benzene rings is 2. The maximum absolute atomic E-state index is 12.2. The normalized spacial score (nSPS) is 10.9. The molecule has 0 aliphatic rings. The quantitative estimate of drug-likeness (QED) is 0.450. The Bertz CT molecular complexity index is 1190. The van der Waals surface area contributed by atoms with E-state index in [1.54, 1.807) is 31.3 Å². The van der Waals surface area contributed by atoms with E-state index in [9.17, 15) is 9.59 Å². The highest BCUT2D eigenvalue weighted by atomic mass is 32.2. The molecule has 0 unspecified atom stereocenters. The number of amides is 2. The van der Waals surface area contributed by atoms with Gasteiger partial charge in [-0.05, 0) is 24.3 Å². The van der Waals surface area contributed by atoms with Crippen LogP contribution in [0.2, 0.25) is 0 Å². The number of nitrogens with zero attached hydrogens (tertiary/aromatic N) is 3. The van der Waals surface area contributed by atoms with Crippen LogP contribution in [0.25, 0.3) is 22.1 Å². The molecule has 140 valence electrons. The Balaban J connectivity index is 1.43. The summed E-state index contributed by atoms with van der Waals surface area (Å²) >= 11 is 1.19. The lowest BCUT2D eigenvalue weighted by molar-refractivity contribution is -0.113. The minimum absolute atomic E-state index is 0.123. The predicted molar refractivity (Wildman–Crippen MR) is 108 cm³/mol. The Kier molecular flexibility index (Phi) is 4.90. The zero-order valence-electron chi connectivity index (χ0n) is 14.9. The number of H-pyrrole nitrogens is 1. The molecule has 4 rings (SSSR count). The lowest BCUT2D eigenvalue weighted by Gasteiger charge is -2.06. The van der Waals surface area contributed by atoms with Crippen LogP contribution in [0.4, 0.5) is 5.69 Å². The van der Waals surface area contributed by atoms with Crippen LogP contribution in [-0.4, -0.2) is 44.8 Å². The number of hydrogen-bond donors (Lipinski definition) is 3. The monoisotopic (exact) mass is 392 g/mol. The van der Waals surface area contributed by atoms with Crippen LogP contribution in [0.15, 0.2) is 53.7 Å². The van der Waals surface area contributed by atoms with Gasteiger partial charge in [0.15, 0.2) is 5.65 Å². The molecule has 2 heterocycles. The summed E-state index contributed by atoms with van der Waals surface area (Å²) in [5, 5.41) is 15.0. The van der Waals surface area contributed by atoms with Crippen molar-refractivity contribution in [2.75, 3.05) is 18.1 Å². The third-order valence-electron chi connectivity index (χ3n) is 4.07. The van der Waals surface area contributed by atoms with E-state index in [0.29, 0.717) is 27.6 Å². The fraction of sp³-hybridized carbons (Fsp3) is 0.105. The first-order chi connectivity index (χ1) is 13.6. The number of para-hydroxylation sites is 1. The van der Waals surface area contributed by atoms with Crippen LogP contribution >= 0.6 is 11.8 Å². The van der Waals surface area contributed by atoms with Crippen LogP contribution in [0.1, 0.15) is 10.4 Å². The lowest BCUT2D eigenvalue weighted by atomic mass is 10.2. The van der Waals surface area contributed by atoms with Crippen LogP contribution in [0, 0.1) is 0 Å². The fourth-order valence-corrected chi connectivity index (χ4v) is 3.36. The fourth-order valence-electron chi connectivity index (χ4n) is 2.78. The number of rotatable bonds is 5. The highest BCUT2D eigenvalue weighted by Crippen LogP contribution is 2.23. The molecule has 2 aromatic carbocycles. The molecule has 0 bridgehead atoms. The Morgan fingerprint density at radius 2 is 1.96 bits per heavy atom. The molecule has 28 heavy (non-hydrogen) atoms. The number of nitrogens with one attached hydrogen (secondary N) is 3. The van der Waals surface area contributed by atoms with Crippen molar-refractivity contribution in [2.24, 2.45) is 0 Å². The van der Waals surface area contributed by atoms with E-state index < -0.39 is 0 Å². The number of carbonyl (C=O) groups excluding carboxylic acids is 2. The van der Waals surface area contributed by atoms with Gasteiger partial charge in [0.2, 0.25) is 11.1 Å². The summed E-state index contributed by atoms with van der Waals surface area (Å²) in [5.74, 6) is -0.312. The number of aromatic nitrogens is 4. The van der Waals surface area contributed by atoms with Crippen LogP contribution in [0.3, 0.4) is 0 Å². The second-order valence-electron chi connectivity index (χ2n) is 5.96. The second kappa shape index (κ2) is 7.65. The molecule has 0 fully saturated rings. The maximum Gasteiger partial charge on any atom is 0.251 e. The van der Waals surface area contributed by atoms with Gasteiger partial charge in [-0.3, -0.25) is 9.59 Å². The summed E-state index contributed by atoms with van der Waals surface area (Å²) in [7, 11) is 1.56. The first-order valence-corrected chi connectivity index (χ1v) is 9.48. The summed E-state index contributed by atoms with van der Waals surface area (Å²) in [4.78, 5) is 31.5. The van der Waals surface area contributed by atoms with Gasteiger partial charge in [-0.25, -0.2) is 4.98 Å². The van der Waals surface area contributed by atoms with Crippen LogP contribution in [0.5, 0.6) is 0 Å². The summed E-state index contributed by atoms with van der Waals surface area (Å²) in [6.45, 7) is 0. The first kappa shape index (κ1) is 17.9. The van der Waals surface area contributed by atoms with Gasteiger partial charge in [-0.2, -0.15) is 0 Å². The van der Waals surface area contributed by atoms with Gasteiger partial charge in [0, 0.05) is 29.2 Å². The molecule has 3 N–H and O–H groups in total. The topological polar surface area (TPSA) is 113 Å². The third-order valence-corrected chi connectivity index (χ3v) is 4.91. The Morgan fingerprint density at radius 1 is 1.11 bits per heavy atom. The molecule has 0 spiro atoms. The largest absolute Gasteiger partial charge is 0.355 e. The number of aromatic amines is 1. The second-order valence-corrected chi connectivity index (χ2v) is 6.90. The van der Waals surface area contributed by atoms with Gasteiger partial charge < -0.3 is 15.6 Å². The van der Waals surface area contributed by atoms with Crippen molar-refractivity contribution in [2.45, 2.75) is 5.16 Å². The van der Waals surface area contributed by atoms with Crippen molar-refractivity contribution in [1.82, 2.24) is 25.5 Å². The zero-order chi connectivity index (χ0) is 19.5. The van der Waals surface area contributed by atoms with Crippen LogP contribution < -0.4 is 10.6 Å². The number of anilines is 1. The minimum Gasteiger partial charge on any atom is -0.355 e. The van der Waals surface area contributed by atoms with Gasteiger partial charge in [-0.1, -0.05) is 36.0 Å². The molecule has 2 amide bonds. The average Bonchev–Trinajstić information content (AvgIpc) is 3.09. The van der Waals surface area contributed by atoms with Crippen molar-refractivity contribution in [3.63, 3.8) is 0 Å². The predicted octanol–water partition coefficient (Wildman–Crippen LogP) is 2.60. The minimum atomic E-state index is -0.223. The van der Waals surface area contributed by atoms with E-state index in [1.165, 1.54) is 11.8 Å². The number of thioether (sulfide) groups is 1. The Morgan fingerprint density at radius 3 is 2.82 bits per heavy atom. The third kappa shape index (κ3) is 3.65. The molecular formula is C19H16N6O2S. The molecule has 0 saturated carbocycles. The highest BCUT2D eigenvalue weighted by Gasteiger charge is 2.11. The Labute approximate surface area is 164 Å². The van der Waals surface area contributed by atoms with Gasteiger partial charge in [0.1, 0.15) is 5.52 Å². The molecule has 9 heteroatoms. The van der Waals surface area contributed by atoms with Gasteiger partial charge in [-0.15, -0.1) is 10.2 Å². The molecule has 4 aromatic rings. The van der Waals surface area contributed by atoms with Gasteiger partial charge in [0.25, 0.3) is 5.91 Å².